The molecule has 43 heavy (non-hydrogen) atoms. The van der Waals surface area contributed by atoms with E-state index in [2.05, 4.69) is 25.3 Å². The van der Waals surface area contributed by atoms with Gasteiger partial charge in [0.15, 0.2) is 28.5 Å². The number of nitrogens with one attached hydrogen (secondary N) is 1. The Bertz CT molecular complexity index is 1650. The molecule has 228 valence electrons. The lowest BCUT2D eigenvalue weighted by Gasteiger charge is -2.44. The van der Waals surface area contributed by atoms with Crippen LogP contribution in [0.3, 0.4) is 0 Å². The SMILES string of the molecule is CCC(=O)Nc1ncnc2c1ncn2Cc1cc(-c2cc(F)c(OC)cc2F)ncc1N1CCC[C@](N)([C@H](O)C(F)F)C1. The molecule has 1 fully saturated rings. The first-order valence-corrected chi connectivity index (χ1v) is 13.5. The Kier molecular flexibility index (Phi) is 8.46. The third-order valence-corrected chi connectivity index (χ3v) is 7.53. The topological polar surface area (TPSA) is 144 Å². The number of carbonyl (C=O) groups excluding carboxylic acids is 1. The van der Waals surface area contributed by atoms with E-state index in [1.807, 2.05) is 0 Å². The number of imidazole rings is 1. The molecule has 0 bridgehead atoms. The molecule has 11 nitrogen and oxygen atoms in total. The molecule has 1 saturated heterocycles. The lowest BCUT2D eigenvalue weighted by atomic mass is 9.84. The zero-order valence-electron chi connectivity index (χ0n) is 23.4. The van der Waals surface area contributed by atoms with Gasteiger partial charge in [0.25, 0.3) is 6.43 Å². The Labute approximate surface area is 243 Å². The molecule has 4 heterocycles. The maximum atomic E-state index is 15.0. The van der Waals surface area contributed by atoms with E-state index in [0.29, 0.717) is 35.4 Å². The summed E-state index contributed by atoms with van der Waals surface area (Å²) in [7, 11) is 1.22. The first-order chi connectivity index (χ1) is 20.5. The van der Waals surface area contributed by atoms with Crippen LogP contribution >= 0.6 is 0 Å². The van der Waals surface area contributed by atoms with Crippen molar-refractivity contribution >= 4 is 28.6 Å². The second-order valence-corrected chi connectivity index (χ2v) is 10.4. The highest BCUT2D eigenvalue weighted by atomic mass is 19.3. The number of pyridine rings is 1. The van der Waals surface area contributed by atoms with E-state index in [9.17, 15) is 23.1 Å². The van der Waals surface area contributed by atoms with E-state index in [4.69, 9.17) is 10.5 Å². The van der Waals surface area contributed by atoms with Crippen LogP contribution in [-0.2, 0) is 11.3 Å². The molecule has 0 unspecified atom stereocenters. The first-order valence-electron chi connectivity index (χ1n) is 13.5. The molecule has 1 aliphatic rings. The van der Waals surface area contributed by atoms with Crippen molar-refractivity contribution < 1.29 is 32.2 Å². The van der Waals surface area contributed by atoms with Crippen molar-refractivity contribution in [3.63, 3.8) is 0 Å². The van der Waals surface area contributed by atoms with E-state index in [0.717, 1.165) is 12.1 Å². The molecular weight excluding hydrogens is 572 g/mol. The zero-order chi connectivity index (χ0) is 30.9. The smallest absolute Gasteiger partial charge is 0.265 e. The minimum atomic E-state index is -3.03. The summed E-state index contributed by atoms with van der Waals surface area (Å²) in [5.41, 5.74) is 6.43. The lowest BCUT2D eigenvalue weighted by Crippen LogP contribution is -2.63. The Hall–Kier alpha value is -4.37. The van der Waals surface area contributed by atoms with Gasteiger partial charge in [0.05, 0.1) is 43.1 Å². The van der Waals surface area contributed by atoms with Gasteiger partial charge in [-0.25, -0.2) is 32.5 Å². The van der Waals surface area contributed by atoms with Crippen molar-refractivity contribution in [1.82, 2.24) is 24.5 Å². The number of aliphatic hydroxyl groups excluding tert-OH is 1. The number of anilines is 2. The molecule has 0 radical (unpaired) electrons. The van der Waals surface area contributed by atoms with Crippen LogP contribution < -0.4 is 20.7 Å². The zero-order valence-corrected chi connectivity index (χ0v) is 23.4. The quantitative estimate of drug-likeness (QED) is 0.245. The fourth-order valence-electron chi connectivity index (χ4n) is 5.23. The van der Waals surface area contributed by atoms with Gasteiger partial charge in [0.2, 0.25) is 5.91 Å². The number of amides is 1. The minimum absolute atomic E-state index is 0.0886. The van der Waals surface area contributed by atoms with Gasteiger partial charge in [-0.2, -0.15) is 0 Å². The van der Waals surface area contributed by atoms with Crippen LogP contribution in [0.4, 0.5) is 29.1 Å². The van der Waals surface area contributed by atoms with Gasteiger partial charge in [-0.3, -0.25) is 9.78 Å². The van der Waals surface area contributed by atoms with Gasteiger partial charge in [0.1, 0.15) is 18.2 Å². The van der Waals surface area contributed by atoms with Crippen molar-refractivity contribution in [3.05, 3.63) is 54.2 Å². The highest BCUT2D eigenvalue weighted by Gasteiger charge is 2.43. The monoisotopic (exact) mass is 602 g/mol. The highest BCUT2D eigenvalue weighted by molar-refractivity contribution is 5.96. The van der Waals surface area contributed by atoms with E-state index in [-0.39, 0.29) is 54.7 Å². The number of aliphatic hydroxyl groups is 1. The number of nitrogens with zero attached hydrogens (tertiary/aromatic N) is 6. The molecule has 15 heteroatoms. The van der Waals surface area contributed by atoms with Crippen molar-refractivity contribution in [3.8, 4) is 17.0 Å². The number of aromatic nitrogens is 5. The number of halogens is 4. The standard InChI is InChI=1S/C28H30F4N8O3/c1-3-22(41)38-26-23-27(36-13-35-26)40(14-37-23)11-15-7-19(16-8-18(30)21(43-2)9-17(16)29)34-10-20(15)39-6-4-5-28(33,12-39)24(42)25(31)32/h7-10,13-14,24-25,42H,3-6,11-12,33H2,1-2H3,(H,35,36,38,41)/t24-,28-/m1/s1. The van der Waals surface area contributed by atoms with Crippen LogP contribution in [-0.4, -0.2) is 73.8 Å². The molecule has 1 amide bonds. The molecule has 1 aliphatic heterocycles. The van der Waals surface area contributed by atoms with Gasteiger partial charge >= 0.3 is 0 Å². The number of fused-ring (bicyclic) bond motifs is 1. The van der Waals surface area contributed by atoms with Gasteiger partial charge in [-0.05, 0) is 30.5 Å². The van der Waals surface area contributed by atoms with Crippen LogP contribution in [0.1, 0.15) is 31.7 Å². The summed E-state index contributed by atoms with van der Waals surface area (Å²) in [6.07, 6.45) is -0.0413. The number of hydrogen-bond acceptors (Lipinski definition) is 9. The molecule has 2 atom stereocenters. The third-order valence-electron chi connectivity index (χ3n) is 7.53. The van der Waals surface area contributed by atoms with Crippen LogP contribution in [0.25, 0.3) is 22.4 Å². The summed E-state index contributed by atoms with van der Waals surface area (Å²) in [4.78, 5) is 30.9. The van der Waals surface area contributed by atoms with E-state index in [1.165, 1.54) is 26.0 Å². The Morgan fingerprint density at radius 1 is 1.19 bits per heavy atom. The van der Waals surface area contributed by atoms with Crippen molar-refractivity contribution in [2.75, 3.05) is 30.4 Å². The number of piperidine rings is 1. The van der Waals surface area contributed by atoms with Gasteiger partial charge in [0, 0.05) is 31.1 Å². The maximum absolute atomic E-state index is 15.0. The Balaban J connectivity index is 1.59. The Morgan fingerprint density at radius 2 is 1.98 bits per heavy atom. The second-order valence-electron chi connectivity index (χ2n) is 10.4. The van der Waals surface area contributed by atoms with E-state index < -0.39 is 29.7 Å². The number of hydrogen-bond donors (Lipinski definition) is 3. The second kappa shape index (κ2) is 12.1. The van der Waals surface area contributed by atoms with E-state index >= 15 is 4.39 Å². The summed E-state index contributed by atoms with van der Waals surface area (Å²) >= 11 is 0. The average Bonchev–Trinajstić information content (AvgIpc) is 3.41. The number of nitrogens with two attached hydrogens (primary N) is 1. The summed E-state index contributed by atoms with van der Waals surface area (Å²) < 4.78 is 63.1. The van der Waals surface area contributed by atoms with Crippen LogP contribution in [0.2, 0.25) is 0 Å². The van der Waals surface area contributed by atoms with Crippen molar-refractivity contribution in [1.29, 1.82) is 0 Å². The number of methoxy groups -OCH3 is 1. The number of alkyl halides is 2. The van der Waals surface area contributed by atoms with Crippen LogP contribution in [0, 0.1) is 11.6 Å². The molecule has 1 aromatic carbocycles. The fourth-order valence-corrected chi connectivity index (χ4v) is 5.23. The van der Waals surface area contributed by atoms with Gasteiger partial charge in [-0.1, -0.05) is 6.92 Å². The molecule has 0 saturated carbocycles. The molecule has 3 aromatic heterocycles. The maximum Gasteiger partial charge on any atom is 0.265 e. The van der Waals surface area contributed by atoms with Crippen molar-refractivity contribution in [2.45, 2.75) is 50.8 Å². The minimum Gasteiger partial charge on any atom is -0.494 e. The predicted molar refractivity (Wildman–Crippen MR) is 150 cm³/mol. The highest BCUT2D eigenvalue weighted by Crippen LogP contribution is 2.35. The third kappa shape index (κ3) is 5.95. The number of ether oxygens (including phenoxy) is 1. The molecule has 0 spiro atoms. The van der Waals surface area contributed by atoms with Crippen molar-refractivity contribution in [2.24, 2.45) is 5.73 Å². The summed E-state index contributed by atoms with van der Waals surface area (Å²) in [6, 6.07) is 3.46. The van der Waals surface area contributed by atoms with Gasteiger partial charge in [-0.15, -0.1) is 0 Å². The summed E-state index contributed by atoms with van der Waals surface area (Å²) in [6.45, 7) is 2.11. The fraction of sp³-hybridized carbons (Fsp3) is 0.393. The molecule has 5 rings (SSSR count). The predicted octanol–water partition coefficient (Wildman–Crippen LogP) is 3.50. The number of benzene rings is 1. The summed E-state index contributed by atoms with van der Waals surface area (Å²) in [5, 5.41) is 12.9. The number of carbonyl (C=O) groups is 1. The largest absolute Gasteiger partial charge is 0.494 e. The normalized spacial score (nSPS) is 17.8. The molecular formula is C28H30F4N8O3. The first kappa shape index (κ1) is 30.1. The molecule has 4 aromatic rings. The molecule has 0 aliphatic carbocycles. The van der Waals surface area contributed by atoms with E-state index in [1.54, 1.807) is 22.5 Å². The number of rotatable bonds is 9. The summed E-state index contributed by atoms with van der Waals surface area (Å²) in [5.74, 6) is -1.84. The van der Waals surface area contributed by atoms with Crippen LogP contribution in [0.15, 0.2) is 37.1 Å². The Morgan fingerprint density at radius 3 is 2.70 bits per heavy atom. The lowest BCUT2D eigenvalue weighted by molar-refractivity contribution is -0.115. The molecule has 4 N–H and O–H groups in total. The van der Waals surface area contributed by atoms with Crippen LogP contribution in [0.5, 0.6) is 5.75 Å². The average molecular weight is 603 g/mol. The van der Waals surface area contributed by atoms with Gasteiger partial charge < -0.3 is 30.4 Å².